The molecule has 1 aliphatic heterocycles. The van der Waals surface area contributed by atoms with Gasteiger partial charge in [0.2, 0.25) is 0 Å². The zero-order valence-electron chi connectivity index (χ0n) is 10.3. The summed E-state index contributed by atoms with van der Waals surface area (Å²) in [5.74, 6) is -0.0532. The van der Waals surface area contributed by atoms with E-state index in [-0.39, 0.29) is 12.1 Å². The molecule has 0 N–H and O–H groups in total. The van der Waals surface area contributed by atoms with Gasteiger partial charge in [0.1, 0.15) is 0 Å². The van der Waals surface area contributed by atoms with Crippen molar-refractivity contribution in [3.8, 4) is 0 Å². The molecule has 1 rings (SSSR count). The predicted octanol–water partition coefficient (Wildman–Crippen LogP) is 2.20. The molecule has 3 nitrogen and oxygen atoms in total. The highest BCUT2D eigenvalue weighted by molar-refractivity contribution is 5.70. The maximum Gasteiger partial charge on any atom is 0.307 e. The molecule has 0 spiro atoms. The number of nitrogens with zero attached hydrogens (tertiary/aromatic N) is 1. The second-order valence-corrected chi connectivity index (χ2v) is 4.87. The Hall–Kier alpha value is -0.570. The van der Waals surface area contributed by atoms with Crippen molar-refractivity contribution in [1.82, 2.24) is 4.90 Å². The summed E-state index contributed by atoms with van der Waals surface area (Å²) in [6.45, 7) is 9.29. The van der Waals surface area contributed by atoms with Crippen LogP contribution in [0.4, 0.5) is 0 Å². The smallest absolute Gasteiger partial charge is 0.307 e. The third kappa shape index (κ3) is 3.82. The Morgan fingerprint density at radius 1 is 1.40 bits per heavy atom. The quantitative estimate of drug-likeness (QED) is 0.670. The van der Waals surface area contributed by atoms with Gasteiger partial charge in [0.15, 0.2) is 0 Å². The normalized spacial score (nSPS) is 22.7. The molecule has 1 saturated heterocycles. The maximum atomic E-state index is 11.5. The fraction of sp³-hybridized carbons (Fsp3) is 0.917. The number of likely N-dealkylation sites (tertiary alicyclic amines) is 1. The number of hydrogen-bond donors (Lipinski definition) is 0. The molecule has 1 atom stereocenters. The Kier molecular flexibility index (Phi) is 4.58. The summed E-state index contributed by atoms with van der Waals surface area (Å²) in [4.78, 5) is 13.9. The summed E-state index contributed by atoms with van der Waals surface area (Å²) in [6.07, 6.45) is 2.89. The van der Waals surface area contributed by atoms with E-state index in [2.05, 4.69) is 18.7 Å². The Balaban J connectivity index is 2.40. The number of carbonyl (C=O) groups is 1. The fourth-order valence-corrected chi connectivity index (χ4v) is 2.26. The van der Waals surface area contributed by atoms with Crippen molar-refractivity contribution >= 4 is 5.97 Å². The SMILES string of the molecule is CC(C)OC(=O)C[C@@H]1CCCN1C(C)C. The van der Waals surface area contributed by atoms with Crippen LogP contribution in [0.2, 0.25) is 0 Å². The van der Waals surface area contributed by atoms with Crippen molar-refractivity contribution in [2.24, 2.45) is 0 Å². The fourth-order valence-electron chi connectivity index (χ4n) is 2.26. The molecule has 0 radical (unpaired) electrons. The second kappa shape index (κ2) is 5.50. The second-order valence-electron chi connectivity index (χ2n) is 4.87. The number of ether oxygens (including phenoxy) is 1. The van der Waals surface area contributed by atoms with E-state index in [1.807, 2.05) is 13.8 Å². The first-order valence-electron chi connectivity index (χ1n) is 5.96. The van der Waals surface area contributed by atoms with E-state index >= 15 is 0 Å². The predicted molar refractivity (Wildman–Crippen MR) is 60.7 cm³/mol. The van der Waals surface area contributed by atoms with Crippen molar-refractivity contribution in [2.45, 2.75) is 65.1 Å². The number of rotatable bonds is 4. The summed E-state index contributed by atoms with van der Waals surface area (Å²) in [7, 11) is 0. The van der Waals surface area contributed by atoms with Crippen molar-refractivity contribution < 1.29 is 9.53 Å². The Morgan fingerprint density at radius 3 is 2.60 bits per heavy atom. The van der Waals surface area contributed by atoms with Crippen molar-refractivity contribution in [3.05, 3.63) is 0 Å². The minimum absolute atomic E-state index is 0.00593. The summed E-state index contributed by atoms with van der Waals surface area (Å²) in [5.41, 5.74) is 0. The van der Waals surface area contributed by atoms with Crippen LogP contribution < -0.4 is 0 Å². The molecule has 3 heteroatoms. The Labute approximate surface area is 92.8 Å². The van der Waals surface area contributed by atoms with Gasteiger partial charge in [-0.05, 0) is 47.1 Å². The molecule has 1 fully saturated rings. The number of esters is 1. The van der Waals surface area contributed by atoms with Gasteiger partial charge in [-0.2, -0.15) is 0 Å². The van der Waals surface area contributed by atoms with Gasteiger partial charge >= 0.3 is 5.97 Å². The Morgan fingerprint density at radius 2 is 2.07 bits per heavy atom. The lowest BCUT2D eigenvalue weighted by Gasteiger charge is -2.27. The minimum atomic E-state index is -0.0532. The zero-order chi connectivity index (χ0) is 11.4. The van der Waals surface area contributed by atoms with Gasteiger partial charge in [-0.1, -0.05) is 0 Å². The molecule has 0 aromatic rings. The molecule has 1 heterocycles. The van der Waals surface area contributed by atoms with Gasteiger partial charge in [-0.15, -0.1) is 0 Å². The monoisotopic (exact) mass is 213 g/mol. The van der Waals surface area contributed by atoms with Gasteiger partial charge in [0.25, 0.3) is 0 Å². The van der Waals surface area contributed by atoms with Gasteiger partial charge < -0.3 is 4.74 Å². The van der Waals surface area contributed by atoms with Gasteiger partial charge in [0.05, 0.1) is 12.5 Å². The molecule has 0 unspecified atom stereocenters. The number of carbonyl (C=O) groups excluding carboxylic acids is 1. The van der Waals surface area contributed by atoms with E-state index < -0.39 is 0 Å². The molecular weight excluding hydrogens is 190 g/mol. The van der Waals surface area contributed by atoms with Gasteiger partial charge in [-0.3, -0.25) is 9.69 Å². The van der Waals surface area contributed by atoms with E-state index in [1.54, 1.807) is 0 Å². The lowest BCUT2D eigenvalue weighted by atomic mass is 10.1. The third-order valence-corrected chi connectivity index (χ3v) is 2.86. The van der Waals surface area contributed by atoms with Crippen LogP contribution >= 0.6 is 0 Å². The van der Waals surface area contributed by atoms with E-state index in [1.165, 1.54) is 6.42 Å². The van der Waals surface area contributed by atoms with Crippen molar-refractivity contribution in [3.63, 3.8) is 0 Å². The largest absolute Gasteiger partial charge is 0.463 e. The van der Waals surface area contributed by atoms with Crippen LogP contribution in [0.25, 0.3) is 0 Å². The highest BCUT2D eigenvalue weighted by Crippen LogP contribution is 2.22. The maximum absolute atomic E-state index is 11.5. The summed E-state index contributed by atoms with van der Waals surface area (Å²) in [6, 6.07) is 0.931. The van der Waals surface area contributed by atoms with Crippen LogP contribution in [0.15, 0.2) is 0 Å². The topological polar surface area (TPSA) is 29.5 Å². The highest BCUT2D eigenvalue weighted by Gasteiger charge is 2.28. The molecule has 15 heavy (non-hydrogen) atoms. The van der Waals surface area contributed by atoms with E-state index in [0.717, 1.165) is 13.0 Å². The molecule has 0 amide bonds. The van der Waals surface area contributed by atoms with Crippen LogP contribution in [0.3, 0.4) is 0 Å². The Bertz CT molecular complexity index is 214. The molecular formula is C12H23NO2. The standard InChI is InChI=1S/C12H23NO2/c1-9(2)13-7-5-6-11(13)8-12(14)15-10(3)4/h9-11H,5-8H2,1-4H3/t11-/m0/s1. The molecule has 0 saturated carbocycles. The first kappa shape index (κ1) is 12.5. The molecule has 88 valence electrons. The minimum Gasteiger partial charge on any atom is -0.463 e. The average molecular weight is 213 g/mol. The van der Waals surface area contributed by atoms with Gasteiger partial charge in [0, 0.05) is 12.1 Å². The van der Waals surface area contributed by atoms with Crippen molar-refractivity contribution in [2.75, 3.05) is 6.54 Å². The summed E-state index contributed by atoms with van der Waals surface area (Å²) in [5, 5.41) is 0. The lowest BCUT2D eigenvalue weighted by Crippen LogP contribution is -2.37. The van der Waals surface area contributed by atoms with E-state index in [0.29, 0.717) is 18.5 Å². The third-order valence-electron chi connectivity index (χ3n) is 2.86. The van der Waals surface area contributed by atoms with Gasteiger partial charge in [-0.25, -0.2) is 0 Å². The van der Waals surface area contributed by atoms with E-state index in [9.17, 15) is 4.79 Å². The van der Waals surface area contributed by atoms with Crippen LogP contribution in [0, 0.1) is 0 Å². The van der Waals surface area contributed by atoms with E-state index in [4.69, 9.17) is 4.74 Å². The lowest BCUT2D eigenvalue weighted by molar-refractivity contribution is -0.148. The summed E-state index contributed by atoms with van der Waals surface area (Å²) >= 11 is 0. The molecule has 0 aromatic carbocycles. The number of hydrogen-bond acceptors (Lipinski definition) is 3. The first-order chi connectivity index (χ1) is 7.00. The first-order valence-corrected chi connectivity index (χ1v) is 5.96. The van der Waals surface area contributed by atoms with Crippen LogP contribution in [-0.2, 0) is 9.53 Å². The average Bonchev–Trinajstić information content (AvgIpc) is 2.50. The zero-order valence-corrected chi connectivity index (χ0v) is 10.3. The summed E-state index contributed by atoms with van der Waals surface area (Å²) < 4.78 is 5.17. The van der Waals surface area contributed by atoms with Crippen LogP contribution in [-0.4, -0.2) is 35.6 Å². The molecule has 0 bridgehead atoms. The molecule has 0 aromatic heterocycles. The molecule has 1 aliphatic rings. The van der Waals surface area contributed by atoms with Crippen molar-refractivity contribution in [1.29, 1.82) is 0 Å². The van der Waals surface area contributed by atoms with Crippen LogP contribution in [0.5, 0.6) is 0 Å². The van der Waals surface area contributed by atoms with Crippen LogP contribution in [0.1, 0.15) is 47.0 Å². The molecule has 0 aliphatic carbocycles. The highest BCUT2D eigenvalue weighted by atomic mass is 16.5.